The zero-order valence-electron chi connectivity index (χ0n) is 16.9. The number of aryl methyl sites for hydroxylation is 2. The van der Waals surface area contributed by atoms with E-state index in [1.54, 1.807) is 23.1 Å². The van der Waals surface area contributed by atoms with Crippen molar-refractivity contribution in [2.75, 3.05) is 12.8 Å². The van der Waals surface area contributed by atoms with Crippen LogP contribution in [0.25, 0.3) is 0 Å². The normalized spacial score (nSPS) is 19.7. The molecule has 1 saturated carbocycles. The standard InChI is InChI=1S/C21H30N4OS2/c1-14-9-10-17-15(12-14)13-18(28-17)20(26)22-11-5-8-19-23-24-21(27-2)25(19)16-6-3-4-7-16/h13-14,16H,3-12H2,1-2H3,(H,22,26)/t14-/m1/s1. The first-order chi connectivity index (χ1) is 13.7. The highest BCUT2D eigenvalue weighted by molar-refractivity contribution is 7.98. The summed E-state index contributed by atoms with van der Waals surface area (Å²) in [6.07, 6.45) is 12.4. The van der Waals surface area contributed by atoms with E-state index in [1.165, 1.54) is 42.5 Å². The van der Waals surface area contributed by atoms with Gasteiger partial charge in [0.2, 0.25) is 0 Å². The molecule has 1 fully saturated rings. The molecule has 2 aromatic rings. The van der Waals surface area contributed by atoms with Crippen LogP contribution in [0.1, 0.15) is 77.4 Å². The smallest absolute Gasteiger partial charge is 0.261 e. The van der Waals surface area contributed by atoms with E-state index in [2.05, 4.69) is 39.3 Å². The number of rotatable bonds is 7. The fraction of sp³-hybridized carbons (Fsp3) is 0.667. The van der Waals surface area contributed by atoms with Crippen LogP contribution in [0.2, 0.25) is 0 Å². The van der Waals surface area contributed by atoms with Crippen LogP contribution in [0.15, 0.2) is 11.2 Å². The molecule has 0 radical (unpaired) electrons. The molecule has 4 rings (SSSR count). The van der Waals surface area contributed by atoms with Crippen molar-refractivity contribution in [1.82, 2.24) is 20.1 Å². The molecule has 0 aromatic carbocycles. The van der Waals surface area contributed by atoms with Crippen molar-refractivity contribution >= 4 is 29.0 Å². The maximum Gasteiger partial charge on any atom is 0.261 e. The van der Waals surface area contributed by atoms with Gasteiger partial charge in [-0.2, -0.15) is 0 Å². The number of aromatic nitrogens is 3. The summed E-state index contributed by atoms with van der Waals surface area (Å²) in [5.41, 5.74) is 1.39. The quantitative estimate of drug-likeness (QED) is 0.525. The lowest BCUT2D eigenvalue weighted by atomic mass is 9.90. The Balaban J connectivity index is 1.30. The fourth-order valence-corrected chi connectivity index (χ4v) is 6.20. The van der Waals surface area contributed by atoms with Gasteiger partial charge in [0.15, 0.2) is 5.16 Å². The van der Waals surface area contributed by atoms with E-state index in [1.807, 2.05) is 0 Å². The van der Waals surface area contributed by atoms with Crippen molar-refractivity contribution < 1.29 is 4.79 Å². The van der Waals surface area contributed by atoms with Crippen molar-refractivity contribution in [3.8, 4) is 0 Å². The van der Waals surface area contributed by atoms with Crippen LogP contribution in [-0.2, 0) is 19.3 Å². The largest absolute Gasteiger partial charge is 0.351 e. The lowest BCUT2D eigenvalue weighted by Crippen LogP contribution is -2.24. The SMILES string of the molecule is CSc1nnc(CCCNC(=O)c2cc3c(s2)CC[C@@H](C)C3)n1C1CCCC1. The van der Waals surface area contributed by atoms with Crippen molar-refractivity contribution in [2.45, 2.75) is 75.9 Å². The summed E-state index contributed by atoms with van der Waals surface area (Å²) in [6.45, 7) is 2.98. The van der Waals surface area contributed by atoms with Gasteiger partial charge in [-0.1, -0.05) is 31.5 Å². The first kappa shape index (κ1) is 20.0. The van der Waals surface area contributed by atoms with Crippen LogP contribution < -0.4 is 5.32 Å². The highest BCUT2D eigenvalue weighted by atomic mass is 32.2. The first-order valence-electron chi connectivity index (χ1n) is 10.5. The van der Waals surface area contributed by atoms with E-state index in [0.29, 0.717) is 12.6 Å². The molecular weight excluding hydrogens is 388 g/mol. The van der Waals surface area contributed by atoms with Crippen LogP contribution in [0.5, 0.6) is 0 Å². The number of hydrogen-bond donors (Lipinski definition) is 1. The number of carbonyl (C=O) groups excluding carboxylic acids is 1. The van der Waals surface area contributed by atoms with Crippen molar-refractivity contribution in [3.05, 3.63) is 27.2 Å². The van der Waals surface area contributed by atoms with Gasteiger partial charge in [0.25, 0.3) is 5.91 Å². The second-order valence-electron chi connectivity index (χ2n) is 8.18. The van der Waals surface area contributed by atoms with Gasteiger partial charge in [-0.3, -0.25) is 4.79 Å². The summed E-state index contributed by atoms with van der Waals surface area (Å²) in [5.74, 6) is 1.89. The second-order valence-corrected chi connectivity index (χ2v) is 10.1. The number of thiophene rings is 1. The molecule has 2 aliphatic carbocycles. The molecule has 0 spiro atoms. The Morgan fingerprint density at radius 2 is 2.14 bits per heavy atom. The Kier molecular flexibility index (Phi) is 6.41. The van der Waals surface area contributed by atoms with Crippen LogP contribution in [-0.4, -0.2) is 33.5 Å². The first-order valence-corrected chi connectivity index (χ1v) is 12.6. The number of carbonyl (C=O) groups is 1. The molecular formula is C21H30N4OS2. The molecule has 2 heterocycles. The molecule has 152 valence electrons. The average molecular weight is 419 g/mol. The summed E-state index contributed by atoms with van der Waals surface area (Å²) in [6, 6.07) is 2.67. The van der Waals surface area contributed by atoms with Crippen LogP contribution in [0.4, 0.5) is 0 Å². The van der Waals surface area contributed by atoms with Crippen LogP contribution >= 0.6 is 23.1 Å². The van der Waals surface area contributed by atoms with Gasteiger partial charge in [0, 0.05) is 23.9 Å². The molecule has 5 nitrogen and oxygen atoms in total. The van der Waals surface area contributed by atoms with Crippen molar-refractivity contribution in [1.29, 1.82) is 0 Å². The topological polar surface area (TPSA) is 59.8 Å². The third kappa shape index (κ3) is 4.30. The number of hydrogen-bond acceptors (Lipinski definition) is 5. The van der Waals surface area contributed by atoms with Gasteiger partial charge in [0.05, 0.1) is 4.88 Å². The van der Waals surface area contributed by atoms with Gasteiger partial charge >= 0.3 is 0 Å². The van der Waals surface area contributed by atoms with E-state index in [9.17, 15) is 4.79 Å². The second kappa shape index (κ2) is 8.99. The highest BCUT2D eigenvalue weighted by Gasteiger charge is 2.24. The number of thioether (sulfide) groups is 1. The number of amides is 1. The Labute approximate surface area is 175 Å². The summed E-state index contributed by atoms with van der Waals surface area (Å²) in [4.78, 5) is 14.8. The van der Waals surface area contributed by atoms with E-state index < -0.39 is 0 Å². The predicted molar refractivity (Wildman–Crippen MR) is 115 cm³/mol. The molecule has 28 heavy (non-hydrogen) atoms. The maximum atomic E-state index is 12.5. The molecule has 2 aliphatic rings. The van der Waals surface area contributed by atoms with Crippen molar-refractivity contribution in [3.63, 3.8) is 0 Å². The molecule has 1 amide bonds. The minimum absolute atomic E-state index is 0.0779. The summed E-state index contributed by atoms with van der Waals surface area (Å²) >= 11 is 3.36. The predicted octanol–water partition coefficient (Wildman–Crippen LogP) is 4.66. The number of nitrogens with one attached hydrogen (secondary N) is 1. The molecule has 1 N–H and O–H groups in total. The van der Waals surface area contributed by atoms with Gasteiger partial charge in [-0.25, -0.2) is 0 Å². The molecule has 0 aliphatic heterocycles. The fourth-order valence-electron chi connectivity index (χ4n) is 4.50. The van der Waals surface area contributed by atoms with Crippen LogP contribution in [0, 0.1) is 5.92 Å². The van der Waals surface area contributed by atoms with E-state index in [0.717, 1.165) is 47.5 Å². The van der Waals surface area contributed by atoms with E-state index in [-0.39, 0.29) is 5.91 Å². The summed E-state index contributed by atoms with van der Waals surface area (Å²) < 4.78 is 2.36. The molecule has 2 aromatic heterocycles. The zero-order valence-corrected chi connectivity index (χ0v) is 18.5. The highest BCUT2D eigenvalue weighted by Crippen LogP contribution is 2.34. The monoisotopic (exact) mass is 418 g/mol. The third-order valence-electron chi connectivity index (χ3n) is 6.02. The Hall–Kier alpha value is -1.34. The average Bonchev–Trinajstić information content (AvgIpc) is 3.42. The Bertz CT molecular complexity index is 822. The minimum atomic E-state index is 0.0779. The Morgan fingerprint density at radius 3 is 2.93 bits per heavy atom. The van der Waals surface area contributed by atoms with Crippen molar-refractivity contribution in [2.24, 2.45) is 5.92 Å². The summed E-state index contributed by atoms with van der Waals surface area (Å²) in [5, 5.41) is 13.0. The molecule has 0 saturated heterocycles. The Morgan fingerprint density at radius 1 is 1.32 bits per heavy atom. The molecule has 1 atom stereocenters. The molecule has 0 unspecified atom stereocenters. The minimum Gasteiger partial charge on any atom is -0.351 e. The zero-order chi connectivity index (χ0) is 19.5. The van der Waals surface area contributed by atoms with Gasteiger partial charge in [-0.15, -0.1) is 21.5 Å². The lowest BCUT2D eigenvalue weighted by molar-refractivity contribution is 0.0957. The molecule has 7 heteroatoms. The van der Waals surface area contributed by atoms with Gasteiger partial charge in [0.1, 0.15) is 5.82 Å². The van der Waals surface area contributed by atoms with Crippen LogP contribution in [0.3, 0.4) is 0 Å². The summed E-state index contributed by atoms with van der Waals surface area (Å²) in [7, 11) is 0. The van der Waals surface area contributed by atoms with E-state index >= 15 is 0 Å². The van der Waals surface area contributed by atoms with E-state index in [4.69, 9.17) is 0 Å². The number of fused-ring (bicyclic) bond motifs is 1. The number of nitrogens with zero attached hydrogens (tertiary/aromatic N) is 3. The molecule has 0 bridgehead atoms. The van der Waals surface area contributed by atoms with Gasteiger partial charge in [-0.05, 0) is 62.3 Å². The lowest BCUT2D eigenvalue weighted by Gasteiger charge is -2.16. The maximum absolute atomic E-state index is 12.5. The third-order valence-corrected chi connectivity index (χ3v) is 7.90. The van der Waals surface area contributed by atoms with Gasteiger partial charge < -0.3 is 9.88 Å².